The summed E-state index contributed by atoms with van der Waals surface area (Å²) in [6, 6.07) is 15.7. The van der Waals surface area contributed by atoms with Gasteiger partial charge in [0.1, 0.15) is 0 Å². The Balaban J connectivity index is 1.66. The molecule has 0 N–H and O–H groups in total. The Kier molecular flexibility index (Phi) is 6.21. The van der Waals surface area contributed by atoms with E-state index in [-0.39, 0.29) is 29.7 Å². The van der Waals surface area contributed by atoms with Gasteiger partial charge >= 0.3 is 6.61 Å². The average Bonchev–Trinajstić information content (AvgIpc) is 3.20. The predicted molar refractivity (Wildman–Crippen MR) is 117 cm³/mol. The van der Waals surface area contributed by atoms with Crippen molar-refractivity contribution in [2.75, 3.05) is 14.2 Å². The third-order valence-electron chi connectivity index (χ3n) is 5.13. The number of ether oxygens (including phenoxy) is 2. The smallest absolute Gasteiger partial charge is 0.387 e. The molecule has 170 valence electrons. The minimum Gasteiger partial charge on any atom is -0.493 e. The predicted octanol–water partition coefficient (Wildman–Crippen LogP) is 5.08. The molecule has 2 aromatic heterocycles. The van der Waals surface area contributed by atoms with E-state index in [9.17, 15) is 13.6 Å². The van der Waals surface area contributed by atoms with Crippen LogP contribution in [0.4, 0.5) is 8.78 Å². The number of hydrogen-bond donors (Lipinski definition) is 0. The zero-order chi connectivity index (χ0) is 23.5. The van der Waals surface area contributed by atoms with Crippen LogP contribution in [0, 0.1) is 6.92 Å². The lowest BCUT2D eigenvalue weighted by Gasteiger charge is -2.19. The maximum atomic E-state index is 13.4. The van der Waals surface area contributed by atoms with E-state index < -0.39 is 6.61 Å². The van der Waals surface area contributed by atoms with Gasteiger partial charge in [-0.3, -0.25) is 4.79 Å². The van der Waals surface area contributed by atoms with E-state index in [0.29, 0.717) is 27.9 Å². The summed E-state index contributed by atoms with van der Waals surface area (Å²) >= 11 is 0. The normalized spacial score (nSPS) is 11.1. The molecule has 0 aliphatic rings. The molecule has 33 heavy (non-hydrogen) atoms. The highest BCUT2D eigenvalue weighted by Crippen LogP contribution is 2.31. The number of benzene rings is 2. The van der Waals surface area contributed by atoms with Crippen LogP contribution in [-0.4, -0.2) is 41.7 Å². The van der Waals surface area contributed by atoms with Crippen molar-refractivity contribution < 1.29 is 27.6 Å². The number of alkyl halides is 2. The van der Waals surface area contributed by atoms with Gasteiger partial charge in [-0.05, 0) is 30.7 Å². The number of carbonyl (C=O) groups excluding carboxylic acids is 1. The Morgan fingerprint density at radius 3 is 2.58 bits per heavy atom. The van der Waals surface area contributed by atoms with E-state index in [1.807, 2.05) is 30.3 Å². The van der Waals surface area contributed by atoms with E-state index in [1.165, 1.54) is 18.1 Å². The van der Waals surface area contributed by atoms with Crippen LogP contribution in [0.2, 0.25) is 0 Å². The summed E-state index contributed by atoms with van der Waals surface area (Å²) in [5.74, 6) is -0.187. The van der Waals surface area contributed by atoms with Crippen LogP contribution < -0.4 is 9.47 Å². The summed E-state index contributed by atoms with van der Waals surface area (Å²) in [6.45, 7) is -1.01. The average molecular weight is 453 g/mol. The van der Waals surface area contributed by atoms with Crippen molar-refractivity contribution in [2.24, 2.45) is 0 Å². The first kappa shape index (κ1) is 22.2. The molecule has 0 radical (unpaired) electrons. The first-order chi connectivity index (χ1) is 15.9. The maximum Gasteiger partial charge on any atom is 0.387 e. The monoisotopic (exact) mass is 453 g/mol. The van der Waals surface area contributed by atoms with Crippen molar-refractivity contribution in [1.29, 1.82) is 0 Å². The first-order valence-electron chi connectivity index (χ1n) is 10.1. The number of methoxy groups -OCH3 is 1. The summed E-state index contributed by atoms with van der Waals surface area (Å²) < 4.78 is 40.1. The van der Waals surface area contributed by atoms with Gasteiger partial charge < -0.3 is 18.9 Å². The maximum absolute atomic E-state index is 13.4. The first-order valence-corrected chi connectivity index (χ1v) is 10.1. The number of aryl methyl sites for hydroxylation is 1. The molecule has 0 aliphatic heterocycles. The lowest BCUT2D eigenvalue weighted by atomic mass is 10.0. The fourth-order valence-corrected chi connectivity index (χ4v) is 3.58. The van der Waals surface area contributed by atoms with Crippen molar-refractivity contribution in [3.8, 4) is 22.8 Å². The van der Waals surface area contributed by atoms with Gasteiger partial charge in [0.2, 0.25) is 0 Å². The zero-order valence-electron chi connectivity index (χ0n) is 18.2. The number of nitrogens with zero attached hydrogens (tertiary/aromatic N) is 3. The van der Waals surface area contributed by atoms with Crippen LogP contribution in [0.15, 0.2) is 59.1 Å². The van der Waals surface area contributed by atoms with Crippen molar-refractivity contribution in [3.05, 3.63) is 71.4 Å². The third-order valence-corrected chi connectivity index (χ3v) is 5.13. The number of pyridine rings is 1. The minimum absolute atomic E-state index is 0.0753. The van der Waals surface area contributed by atoms with Crippen LogP contribution >= 0.6 is 0 Å². The van der Waals surface area contributed by atoms with Crippen LogP contribution in [-0.2, 0) is 6.54 Å². The Labute approximate surface area is 188 Å². The van der Waals surface area contributed by atoms with Crippen LogP contribution in [0.5, 0.6) is 11.5 Å². The SMILES string of the molecule is COc1cc(CN(C)C(=O)c2cc(-c3ccccc3)nc3onc(C)c23)ccc1OC(F)F. The number of aromatic nitrogens is 2. The third kappa shape index (κ3) is 4.62. The molecule has 0 bridgehead atoms. The van der Waals surface area contributed by atoms with Crippen molar-refractivity contribution in [2.45, 2.75) is 20.1 Å². The van der Waals surface area contributed by atoms with Crippen molar-refractivity contribution >= 4 is 17.0 Å². The van der Waals surface area contributed by atoms with Crippen molar-refractivity contribution in [3.63, 3.8) is 0 Å². The van der Waals surface area contributed by atoms with Gasteiger partial charge in [-0.25, -0.2) is 4.98 Å². The highest BCUT2D eigenvalue weighted by atomic mass is 19.3. The molecule has 0 aliphatic carbocycles. The molecule has 0 unspecified atom stereocenters. The number of halogens is 2. The summed E-state index contributed by atoms with van der Waals surface area (Å²) in [6.07, 6.45) is 0. The molecule has 2 aromatic carbocycles. The second-order valence-corrected chi connectivity index (χ2v) is 7.39. The quantitative estimate of drug-likeness (QED) is 0.388. The van der Waals surface area contributed by atoms with Crippen molar-refractivity contribution in [1.82, 2.24) is 15.0 Å². The summed E-state index contributed by atoms with van der Waals surface area (Å²) in [4.78, 5) is 19.5. The van der Waals surface area contributed by atoms with Gasteiger partial charge in [-0.15, -0.1) is 0 Å². The molecule has 0 saturated heterocycles. The van der Waals surface area contributed by atoms with Crippen LogP contribution in [0.3, 0.4) is 0 Å². The van der Waals surface area contributed by atoms with Gasteiger partial charge in [-0.2, -0.15) is 8.78 Å². The summed E-state index contributed by atoms with van der Waals surface area (Å²) in [5, 5.41) is 4.52. The highest BCUT2D eigenvalue weighted by Gasteiger charge is 2.22. The molecule has 4 rings (SSSR count). The Morgan fingerprint density at radius 2 is 1.88 bits per heavy atom. The van der Waals surface area contributed by atoms with E-state index in [1.54, 1.807) is 32.2 Å². The van der Waals surface area contributed by atoms with E-state index in [4.69, 9.17) is 9.26 Å². The standard InChI is InChI=1S/C24H21F2N3O4/c1-14-21-17(12-18(27-22(21)33-28-14)16-7-5-4-6-8-16)23(30)29(2)13-15-9-10-19(32-24(25)26)20(11-15)31-3/h4-12,24H,13H2,1-3H3. The van der Waals surface area contributed by atoms with Crippen LogP contribution in [0.1, 0.15) is 21.6 Å². The van der Waals surface area contributed by atoms with Gasteiger partial charge in [-0.1, -0.05) is 41.6 Å². The summed E-state index contributed by atoms with van der Waals surface area (Å²) in [5.41, 5.74) is 3.35. The Hall–Kier alpha value is -4.01. The molecule has 9 heteroatoms. The van der Waals surface area contributed by atoms with E-state index in [2.05, 4.69) is 14.9 Å². The number of fused-ring (bicyclic) bond motifs is 1. The topological polar surface area (TPSA) is 77.7 Å². The molecule has 0 atom stereocenters. The molecule has 7 nitrogen and oxygen atoms in total. The lowest BCUT2D eigenvalue weighted by molar-refractivity contribution is -0.0512. The van der Waals surface area contributed by atoms with Gasteiger partial charge in [0.15, 0.2) is 11.5 Å². The number of amides is 1. The number of hydrogen-bond acceptors (Lipinski definition) is 6. The zero-order valence-corrected chi connectivity index (χ0v) is 18.2. The molecule has 2 heterocycles. The summed E-state index contributed by atoms with van der Waals surface area (Å²) in [7, 11) is 3.01. The fourth-order valence-electron chi connectivity index (χ4n) is 3.58. The largest absolute Gasteiger partial charge is 0.493 e. The van der Waals surface area contributed by atoms with Gasteiger partial charge in [0.25, 0.3) is 11.6 Å². The van der Waals surface area contributed by atoms with Gasteiger partial charge in [0.05, 0.1) is 29.4 Å². The highest BCUT2D eigenvalue weighted by molar-refractivity contribution is 6.06. The molecular weight excluding hydrogens is 432 g/mol. The molecular formula is C24H21F2N3O4. The number of carbonyl (C=O) groups is 1. The molecule has 0 saturated carbocycles. The van der Waals surface area contributed by atoms with E-state index in [0.717, 1.165) is 5.56 Å². The minimum atomic E-state index is -2.96. The molecule has 4 aromatic rings. The molecule has 0 spiro atoms. The van der Waals surface area contributed by atoms with E-state index >= 15 is 0 Å². The lowest BCUT2D eigenvalue weighted by Crippen LogP contribution is -2.26. The molecule has 1 amide bonds. The second-order valence-electron chi connectivity index (χ2n) is 7.39. The fraction of sp³-hybridized carbons (Fsp3) is 0.208. The Bertz CT molecular complexity index is 1290. The molecule has 0 fully saturated rings. The van der Waals surface area contributed by atoms with Gasteiger partial charge in [0, 0.05) is 19.2 Å². The van der Waals surface area contributed by atoms with Crippen LogP contribution in [0.25, 0.3) is 22.4 Å². The second kappa shape index (κ2) is 9.23. The Morgan fingerprint density at radius 1 is 1.12 bits per heavy atom. The number of rotatable bonds is 7.